The predicted octanol–water partition coefficient (Wildman–Crippen LogP) is 3.42. The quantitative estimate of drug-likeness (QED) is 0.106. The number of imide groups is 2. The molecule has 0 saturated carbocycles. The van der Waals surface area contributed by atoms with Crippen LogP contribution in [0, 0.1) is 40.5 Å². The van der Waals surface area contributed by atoms with E-state index in [-0.39, 0.29) is 99.1 Å². The van der Waals surface area contributed by atoms with Gasteiger partial charge in [-0.2, -0.15) is 0 Å². The van der Waals surface area contributed by atoms with E-state index in [0.29, 0.717) is 45.2 Å². The zero-order valence-corrected chi connectivity index (χ0v) is 63.4. The fourth-order valence-electron chi connectivity index (χ4n) is 12.2. The third-order valence-corrected chi connectivity index (χ3v) is 20.4. The molecule has 0 aliphatic carbocycles. The Hall–Kier alpha value is -11.0. The van der Waals surface area contributed by atoms with Crippen molar-refractivity contribution in [2.24, 2.45) is 39.1 Å². The summed E-state index contributed by atoms with van der Waals surface area (Å²) >= 11 is -4.48. The molecule has 9 aromatic rings. The van der Waals surface area contributed by atoms with Gasteiger partial charge in [0.2, 0.25) is 11.8 Å². The molecular formula is C70H82N16O16S3-2. The number of aromatic amines is 2. The zero-order valence-electron chi connectivity index (χ0n) is 60.9. The fraction of sp³-hybridized carbons (Fsp3) is 0.343. The van der Waals surface area contributed by atoms with Crippen molar-refractivity contribution in [1.29, 1.82) is 0 Å². The Morgan fingerprint density at radius 2 is 1.15 bits per heavy atom. The molecule has 6 unspecified atom stereocenters. The summed E-state index contributed by atoms with van der Waals surface area (Å²) in [4.78, 5) is 131. The molecule has 4 aromatic carbocycles. The first-order valence-electron chi connectivity index (χ1n) is 32.3. The van der Waals surface area contributed by atoms with Crippen molar-refractivity contribution in [1.82, 2.24) is 62.5 Å². The first kappa shape index (κ1) is 79.7. The maximum absolute atomic E-state index is 12.6. The molecule has 0 radical (unpaired) electrons. The first-order valence-corrected chi connectivity index (χ1v) is 36.7. The maximum atomic E-state index is 12.6. The average molecular weight is 1500 g/mol. The third kappa shape index (κ3) is 17.0. The molecule has 9 heterocycles. The SMILES string of the molecule is CC1C(=O)N(C)C(=O)C2C1N=CN2C.CC1C(=O)N(C)C(=O)c2nc[nH]c21.Cc1ccc(-n2c(=O)c(N(C)CS(=O)[O-])c(C)n2C)cc1.Cc1cccc(-n2c(=O)c(N(C)CS(=O)[O-])c(C)n2C)c1.Cc1cccc(C2=C(c3ccc(S(C)(=O)=O)cc3)COC2=O)c1.Cn1c(=O)c2[nH]cnc2n(C)c1=O. The number of carbonyl (C=O) groups is 5. The Morgan fingerprint density at radius 3 is 1.70 bits per heavy atom. The van der Waals surface area contributed by atoms with Crippen molar-refractivity contribution < 1.29 is 54.7 Å². The van der Waals surface area contributed by atoms with Crippen LogP contribution >= 0.6 is 0 Å². The van der Waals surface area contributed by atoms with Crippen molar-refractivity contribution in [3.05, 3.63) is 202 Å². The van der Waals surface area contributed by atoms with Gasteiger partial charge >= 0.3 is 11.7 Å². The van der Waals surface area contributed by atoms with Crippen molar-refractivity contribution in [2.75, 3.05) is 69.7 Å². The van der Waals surface area contributed by atoms with Crippen molar-refractivity contribution in [2.45, 2.75) is 71.4 Å². The summed E-state index contributed by atoms with van der Waals surface area (Å²) in [6.07, 6.45) is 5.63. The number of piperidine rings is 1. The molecule has 13 rings (SSSR count). The highest BCUT2D eigenvalue weighted by Gasteiger charge is 2.48. The van der Waals surface area contributed by atoms with E-state index in [4.69, 9.17) is 4.74 Å². The highest BCUT2D eigenvalue weighted by Crippen LogP contribution is 2.34. The molecule has 5 aromatic heterocycles. The number of aryl methyl sites for hydroxylation is 4. The fourth-order valence-corrected chi connectivity index (χ4v) is 13.7. The Balaban J connectivity index is 0.000000162. The molecule has 4 aliphatic rings. The summed E-state index contributed by atoms with van der Waals surface area (Å²) in [7, 11) is 11.3. The van der Waals surface area contributed by atoms with Crippen molar-refractivity contribution >= 4 is 102 Å². The topological polar surface area (TPSA) is 393 Å². The normalized spacial score (nSPS) is 17.2. The van der Waals surface area contributed by atoms with Crippen LogP contribution in [0.15, 0.2) is 139 Å². The number of fused-ring (bicyclic) bond motifs is 3. The highest BCUT2D eigenvalue weighted by molar-refractivity contribution is 7.90. The maximum Gasteiger partial charge on any atom is 0.339 e. The number of hydrogen-bond donors (Lipinski definition) is 2. The van der Waals surface area contributed by atoms with E-state index >= 15 is 0 Å². The molecular weight excluding hydrogens is 1420 g/mol. The van der Waals surface area contributed by atoms with Gasteiger partial charge in [0.25, 0.3) is 28.5 Å². The number of esters is 1. The number of carbonyl (C=O) groups excluding carboxylic acids is 5. The van der Waals surface area contributed by atoms with Crippen LogP contribution in [-0.4, -0.2) is 196 Å². The molecule has 6 atom stereocenters. The summed E-state index contributed by atoms with van der Waals surface area (Å²) < 4.78 is 80.6. The minimum Gasteiger partial charge on any atom is -0.771 e. The van der Waals surface area contributed by atoms with Gasteiger partial charge in [-0.15, -0.1) is 0 Å². The number of benzene rings is 4. The second-order valence-corrected chi connectivity index (χ2v) is 29.2. The Labute approximate surface area is 609 Å². The number of nitrogens with zero attached hydrogens (tertiary/aromatic N) is 14. The number of rotatable bonds is 11. The molecule has 35 heteroatoms. The number of anilines is 2. The minimum atomic E-state index is -3.24. The second kappa shape index (κ2) is 32.8. The monoisotopic (exact) mass is 1500 g/mol. The van der Waals surface area contributed by atoms with Crippen molar-refractivity contribution in [3.8, 4) is 11.4 Å². The summed E-state index contributed by atoms with van der Waals surface area (Å²) in [6.45, 7) is 13.3. The van der Waals surface area contributed by atoms with Crippen LogP contribution in [0.5, 0.6) is 0 Å². The molecule has 1 fully saturated rings. The van der Waals surface area contributed by atoms with E-state index in [2.05, 4.69) is 24.9 Å². The molecule has 0 bridgehead atoms. The van der Waals surface area contributed by atoms with Crippen LogP contribution in [0.1, 0.15) is 75.2 Å². The van der Waals surface area contributed by atoms with E-state index in [1.807, 2.05) is 108 Å². The predicted molar refractivity (Wildman–Crippen MR) is 395 cm³/mol. The molecule has 1 saturated heterocycles. The summed E-state index contributed by atoms with van der Waals surface area (Å²) in [5.41, 5.74) is 10.4. The number of H-pyrrole nitrogens is 2. The van der Waals surface area contributed by atoms with Gasteiger partial charge in [-0.05, 0) is 117 Å². The lowest BCUT2D eigenvalue weighted by Gasteiger charge is -2.36. The smallest absolute Gasteiger partial charge is 0.339 e. The number of ether oxygens (including phenoxy) is 1. The van der Waals surface area contributed by atoms with Crippen LogP contribution in [0.25, 0.3) is 33.7 Å². The molecule has 558 valence electrons. The molecule has 32 nitrogen and oxygen atoms in total. The van der Waals surface area contributed by atoms with E-state index in [1.54, 1.807) is 106 Å². The number of aliphatic imine (C=N–C) groups is 1. The Morgan fingerprint density at radius 1 is 0.610 bits per heavy atom. The molecule has 2 N–H and O–H groups in total. The lowest BCUT2D eigenvalue weighted by molar-refractivity contribution is -0.153. The van der Waals surface area contributed by atoms with Crippen LogP contribution in [-0.2, 0) is 84.1 Å². The summed E-state index contributed by atoms with van der Waals surface area (Å²) in [5, 5.41) is 0. The molecule has 0 spiro atoms. The largest absolute Gasteiger partial charge is 0.771 e. The lowest BCUT2D eigenvalue weighted by atomic mass is 9.89. The van der Waals surface area contributed by atoms with E-state index in [1.165, 1.54) is 64.0 Å². The minimum absolute atomic E-state index is 0.135. The number of likely N-dealkylation sites (tertiary alicyclic amines) is 1. The summed E-state index contributed by atoms with van der Waals surface area (Å²) in [6, 6.07) is 28.9. The molecule has 105 heavy (non-hydrogen) atoms. The van der Waals surface area contributed by atoms with Gasteiger partial charge in [0.1, 0.15) is 29.5 Å². The van der Waals surface area contributed by atoms with Crippen LogP contribution < -0.4 is 32.2 Å². The number of imidazole rings is 2. The van der Waals surface area contributed by atoms with Crippen LogP contribution in [0.4, 0.5) is 11.4 Å². The Bertz CT molecular complexity index is 5330. The average Bonchev–Trinajstić information content (AvgIpc) is 1.71. The van der Waals surface area contributed by atoms with Gasteiger partial charge < -0.3 is 38.5 Å². The van der Waals surface area contributed by atoms with Gasteiger partial charge in [0.15, 0.2) is 21.2 Å². The number of sulfone groups is 1. The molecule has 4 aliphatic heterocycles. The number of nitrogens with one attached hydrogen (secondary N) is 2. The third-order valence-electron chi connectivity index (χ3n) is 18.1. The number of aromatic nitrogens is 10. The van der Waals surface area contributed by atoms with Gasteiger partial charge in [0.05, 0.1) is 87.5 Å². The van der Waals surface area contributed by atoms with Crippen LogP contribution in [0.2, 0.25) is 0 Å². The van der Waals surface area contributed by atoms with E-state index < -0.39 is 32.0 Å². The number of amides is 4. The summed E-state index contributed by atoms with van der Waals surface area (Å²) in [5.74, 6) is -2.10. The molecule has 4 amide bonds. The van der Waals surface area contributed by atoms with Gasteiger partial charge in [0, 0.05) is 75.3 Å². The van der Waals surface area contributed by atoms with Gasteiger partial charge in [-0.25, -0.2) is 37.3 Å². The Kier molecular flexibility index (Phi) is 24.9. The van der Waals surface area contributed by atoms with E-state index in [0.717, 1.165) is 59.9 Å². The number of hydrogen-bond acceptors (Lipinski definition) is 22. The van der Waals surface area contributed by atoms with Gasteiger partial charge in [-0.3, -0.25) is 75.3 Å². The zero-order chi connectivity index (χ0) is 77.7. The number of likely N-dealkylation sites (N-methyl/N-ethyl adjacent to an activating group) is 3. The first-order chi connectivity index (χ1) is 49.3. The standard InChI is InChI=1S/C18H16O4S.2C14H19N3O3S.C9H13N3O2.C8H9N3O2.C7H8N4O2/c1-12-4-3-5-14(10-12)17-16(11-22-18(17)19)13-6-8-15(9-7-13)23(2,20)21;1-10-5-7-12(8-6-10)17-14(18)13(11(2)16(17)4)15(3)9-21(19)20;1-10-6-5-7-12(8-10)17-14(18)13(11(2)16(17)4)15(3)9-21(19)20;1-5-6-7(11(2)4-10-6)9(14)12(3)8(5)13;1-4-5-6(10-3-9-5)8(13)11(2)7(4)12;1-10-5-4(8-3-9-5)6(12)11(2)7(10)13/h3-10H,11H2,1-2H3;2*5-8H,9H2,1-4H3,(H,19,20);4-7H,1-3H3;3-4H,1-2H3,(H,9,10);3H,1-2H3,(H,8,9)/p-2. The lowest BCUT2D eigenvalue weighted by Crippen LogP contribution is -2.59. The van der Waals surface area contributed by atoms with Gasteiger partial charge in [-0.1, -0.05) is 78.7 Å². The highest BCUT2D eigenvalue weighted by atomic mass is 32.2. The number of cyclic esters (lactones) is 1. The van der Waals surface area contributed by atoms with Crippen LogP contribution in [0.3, 0.4) is 0 Å². The van der Waals surface area contributed by atoms with Crippen molar-refractivity contribution in [3.63, 3.8) is 0 Å². The second-order valence-electron chi connectivity index (χ2n) is 25.5. The van der Waals surface area contributed by atoms with E-state index in [9.17, 15) is 69.1 Å².